The van der Waals surface area contributed by atoms with Crippen molar-refractivity contribution in [3.8, 4) is 0 Å². The predicted octanol–water partition coefficient (Wildman–Crippen LogP) is 3.75. The van der Waals surface area contributed by atoms with Gasteiger partial charge in [-0.3, -0.25) is 4.79 Å². The minimum absolute atomic E-state index is 0.0679. The zero-order chi connectivity index (χ0) is 19.6. The van der Waals surface area contributed by atoms with Gasteiger partial charge in [-0.1, -0.05) is 49.7 Å². The number of nitrogens with one attached hydrogen (secondary N) is 1. The molecule has 0 spiro atoms. The maximum Gasteiger partial charge on any atom is 0.242 e. The molecule has 1 N–H and O–H groups in total. The number of halogens is 1. The molecule has 0 atom stereocenters. The van der Waals surface area contributed by atoms with Gasteiger partial charge in [-0.15, -0.1) is 0 Å². The molecular weight excluding hydrogens is 384 g/mol. The Bertz CT molecular complexity index is 957. The Kier molecular flexibility index (Phi) is 5.89. The Morgan fingerprint density at radius 2 is 1.96 bits per heavy atom. The summed E-state index contributed by atoms with van der Waals surface area (Å²) >= 11 is 5.99. The smallest absolute Gasteiger partial charge is 0.242 e. The first kappa shape index (κ1) is 19.9. The number of carbonyl (C=O) groups is 1. The van der Waals surface area contributed by atoms with E-state index in [2.05, 4.69) is 4.72 Å². The molecule has 1 heterocycles. The van der Waals surface area contributed by atoms with Crippen molar-refractivity contribution in [3.63, 3.8) is 0 Å². The highest BCUT2D eigenvalue weighted by molar-refractivity contribution is 7.89. The fourth-order valence-electron chi connectivity index (χ4n) is 3.20. The van der Waals surface area contributed by atoms with E-state index in [1.807, 2.05) is 36.9 Å². The van der Waals surface area contributed by atoms with Crippen molar-refractivity contribution in [3.05, 3.63) is 58.6 Å². The Labute approximate surface area is 165 Å². The van der Waals surface area contributed by atoms with Gasteiger partial charge in [0, 0.05) is 25.2 Å². The third-order valence-electron chi connectivity index (χ3n) is 4.52. The fourth-order valence-corrected chi connectivity index (χ4v) is 4.74. The molecule has 0 unspecified atom stereocenters. The zero-order valence-corrected chi connectivity index (χ0v) is 17.0. The molecule has 1 aliphatic rings. The van der Waals surface area contributed by atoms with E-state index in [1.165, 1.54) is 6.07 Å². The maximum atomic E-state index is 12.5. The van der Waals surface area contributed by atoms with Crippen molar-refractivity contribution in [2.75, 3.05) is 11.4 Å². The van der Waals surface area contributed by atoms with Crippen LogP contribution in [0.25, 0.3) is 0 Å². The Morgan fingerprint density at radius 3 is 2.67 bits per heavy atom. The molecule has 2 aromatic rings. The van der Waals surface area contributed by atoms with Crippen molar-refractivity contribution in [1.82, 2.24) is 4.72 Å². The minimum Gasteiger partial charge on any atom is -0.312 e. The number of hydrogen-bond donors (Lipinski definition) is 1. The van der Waals surface area contributed by atoms with Crippen LogP contribution < -0.4 is 9.62 Å². The summed E-state index contributed by atoms with van der Waals surface area (Å²) < 4.78 is 27.5. The van der Waals surface area contributed by atoms with Crippen molar-refractivity contribution in [2.45, 2.75) is 38.1 Å². The van der Waals surface area contributed by atoms with E-state index in [-0.39, 0.29) is 22.4 Å². The van der Waals surface area contributed by atoms with E-state index in [0.29, 0.717) is 18.9 Å². The van der Waals surface area contributed by atoms with Crippen molar-refractivity contribution in [2.24, 2.45) is 5.92 Å². The molecule has 0 bridgehead atoms. The summed E-state index contributed by atoms with van der Waals surface area (Å²) in [6, 6.07) is 12.1. The van der Waals surface area contributed by atoms with Crippen LogP contribution in [0.1, 0.15) is 31.4 Å². The Morgan fingerprint density at radius 1 is 1.22 bits per heavy atom. The van der Waals surface area contributed by atoms with Gasteiger partial charge < -0.3 is 4.90 Å². The quantitative estimate of drug-likeness (QED) is 0.794. The molecule has 0 fully saturated rings. The summed E-state index contributed by atoms with van der Waals surface area (Å²) in [5.41, 5.74) is 2.85. The highest BCUT2D eigenvalue weighted by Crippen LogP contribution is 2.30. The first-order valence-corrected chi connectivity index (χ1v) is 10.8. The number of fused-ring (bicyclic) bond motifs is 1. The monoisotopic (exact) mass is 406 g/mol. The number of sulfonamides is 1. The van der Waals surface area contributed by atoms with Gasteiger partial charge >= 0.3 is 0 Å². The predicted molar refractivity (Wildman–Crippen MR) is 107 cm³/mol. The number of amides is 1. The molecule has 7 heteroatoms. The summed E-state index contributed by atoms with van der Waals surface area (Å²) in [5, 5.41) is 0.193. The SMILES string of the molecule is CC(C)CC(=O)N1CCc2cc(CNS(=O)(=O)c3ccccc3Cl)ccc21. The Hall–Kier alpha value is -1.89. The van der Waals surface area contributed by atoms with E-state index < -0.39 is 10.0 Å². The second kappa shape index (κ2) is 8.00. The standard InChI is InChI=1S/C20H23ClN2O3S/c1-14(2)11-20(24)23-10-9-16-12-15(7-8-18(16)23)13-22-27(25,26)19-6-4-3-5-17(19)21/h3-8,12,14,22H,9-11,13H2,1-2H3. The molecule has 27 heavy (non-hydrogen) atoms. The largest absolute Gasteiger partial charge is 0.312 e. The van der Waals surface area contributed by atoms with Gasteiger partial charge in [0.05, 0.1) is 5.02 Å². The van der Waals surface area contributed by atoms with Crippen LogP contribution in [0.5, 0.6) is 0 Å². The van der Waals surface area contributed by atoms with Crippen LogP contribution in [-0.4, -0.2) is 20.9 Å². The van der Waals surface area contributed by atoms with Gasteiger partial charge in [-0.2, -0.15) is 0 Å². The summed E-state index contributed by atoms with van der Waals surface area (Å²) in [6.07, 6.45) is 1.31. The molecule has 144 valence electrons. The fraction of sp³-hybridized carbons (Fsp3) is 0.350. The lowest BCUT2D eigenvalue weighted by molar-refractivity contribution is -0.119. The average molecular weight is 407 g/mol. The van der Waals surface area contributed by atoms with Gasteiger partial charge in [-0.25, -0.2) is 13.1 Å². The third-order valence-corrected chi connectivity index (χ3v) is 6.42. The van der Waals surface area contributed by atoms with Crippen LogP contribution in [0.4, 0.5) is 5.69 Å². The molecule has 2 aromatic carbocycles. The normalized spacial score (nSPS) is 13.9. The summed E-state index contributed by atoms with van der Waals surface area (Å²) in [5.74, 6) is 0.455. The van der Waals surface area contributed by atoms with Crippen LogP contribution in [0.2, 0.25) is 5.02 Å². The molecule has 1 amide bonds. The minimum atomic E-state index is -3.69. The topological polar surface area (TPSA) is 66.5 Å². The summed E-state index contributed by atoms with van der Waals surface area (Å²) in [4.78, 5) is 14.3. The summed E-state index contributed by atoms with van der Waals surface area (Å²) in [6.45, 7) is 4.91. The lowest BCUT2D eigenvalue weighted by atomic mass is 10.1. The van der Waals surface area contributed by atoms with Gasteiger partial charge in [-0.05, 0) is 41.7 Å². The van der Waals surface area contributed by atoms with Gasteiger partial charge in [0.2, 0.25) is 15.9 Å². The van der Waals surface area contributed by atoms with Crippen molar-refractivity contribution in [1.29, 1.82) is 0 Å². The second-order valence-corrected chi connectivity index (χ2v) is 9.25. The zero-order valence-electron chi connectivity index (χ0n) is 15.4. The second-order valence-electron chi connectivity index (χ2n) is 7.11. The molecule has 1 aliphatic heterocycles. The van der Waals surface area contributed by atoms with E-state index in [1.54, 1.807) is 18.2 Å². The number of rotatable bonds is 6. The molecule has 0 saturated carbocycles. The lowest BCUT2D eigenvalue weighted by Gasteiger charge is -2.18. The van der Waals surface area contributed by atoms with Crippen LogP contribution in [-0.2, 0) is 27.8 Å². The van der Waals surface area contributed by atoms with E-state index in [0.717, 1.165) is 23.2 Å². The number of benzene rings is 2. The lowest BCUT2D eigenvalue weighted by Crippen LogP contribution is -2.29. The number of anilines is 1. The maximum absolute atomic E-state index is 12.5. The number of hydrogen-bond acceptors (Lipinski definition) is 3. The van der Waals surface area contributed by atoms with E-state index in [9.17, 15) is 13.2 Å². The highest BCUT2D eigenvalue weighted by atomic mass is 35.5. The van der Waals surface area contributed by atoms with Crippen LogP contribution in [0.3, 0.4) is 0 Å². The third kappa shape index (κ3) is 4.51. The van der Waals surface area contributed by atoms with E-state index >= 15 is 0 Å². The molecule has 0 saturated heterocycles. The molecule has 0 aromatic heterocycles. The van der Waals surface area contributed by atoms with Crippen LogP contribution in [0, 0.1) is 5.92 Å². The van der Waals surface area contributed by atoms with Crippen molar-refractivity contribution < 1.29 is 13.2 Å². The first-order valence-electron chi connectivity index (χ1n) is 8.94. The summed E-state index contributed by atoms with van der Waals surface area (Å²) in [7, 11) is -3.69. The Balaban J connectivity index is 1.72. The molecule has 0 aliphatic carbocycles. The molecule has 5 nitrogen and oxygen atoms in total. The van der Waals surface area contributed by atoms with Crippen LogP contribution in [0.15, 0.2) is 47.4 Å². The number of carbonyl (C=O) groups excluding carboxylic acids is 1. The highest BCUT2D eigenvalue weighted by Gasteiger charge is 2.25. The molecule has 0 radical (unpaired) electrons. The molecule has 3 rings (SSSR count). The van der Waals surface area contributed by atoms with Gasteiger partial charge in [0.15, 0.2) is 0 Å². The number of nitrogens with zero attached hydrogens (tertiary/aromatic N) is 1. The average Bonchev–Trinajstić information content (AvgIpc) is 3.03. The molecular formula is C20H23ClN2O3S. The van der Waals surface area contributed by atoms with Crippen LogP contribution >= 0.6 is 11.6 Å². The van der Waals surface area contributed by atoms with Gasteiger partial charge in [0.1, 0.15) is 4.90 Å². The van der Waals surface area contributed by atoms with Crippen molar-refractivity contribution >= 4 is 33.2 Å². The van der Waals surface area contributed by atoms with Gasteiger partial charge in [0.25, 0.3) is 0 Å². The first-order chi connectivity index (χ1) is 12.8. The van der Waals surface area contributed by atoms with E-state index in [4.69, 9.17) is 11.6 Å².